The van der Waals surface area contributed by atoms with Crippen LogP contribution in [0.25, 0.3) is 0 Å². The fourth-order valence-corrected chi connectivity index (χ4v) is 2.30. The second kappa shape index (κ2) is 6.24. The highest BCUT2D eigenvalue weighted by atomic mass is 16.4. The molecule has 114 valence electrons. The second-order valence-electron chi connectivity index (χ2n) is 6.77. The van der Waals surface area contributed by atoms with Crippen molar-refractivity contribution in [1.29, 1.82) is 0 Å². The Bertz CT molecular complexity index is 394. The van der Waals surface area contributed by atoms with Gasteiger partial charge in [0.05, 0.1) is 18.5 Å². The minimum absolute atomic E-state index is 0.0608. The Morgan fingerprint density at radius 3 is 2.15 bits per heavy atom. The lowest BCUT2D eigenvalue weighted by Crippen LogP contribution is -2.56. The van der Waals surface area contributed by atoms with Gasteiger partial charge in [0, 0.05) is 6.42 Å². The summed E-state index contributed by atoms with van der Waals surface area (Å²) >= 11 is 0. The molecule has 0 unspecified atom stereocenters. The molecule has 1 rings (SSSR count). The molecule has 0 aromatic carbocycles. The van der Waals surface area contributed by atoms with Gasteiger partial charge in [0.1, 0.15) is 0 Å². The van der Waals surface area contributed by atoms with Gasteiger partial charge in [-0.1, -0.05) is 20.8 Å². The molecule has 1 aliphatic rings. The van der Waals surface area contributed by atoms with E-state index in [0.717, 1.165) is 6.42 Å². The summed E-state index contributed by atoms with van der Waals surface area (Å²) in [4.78, 5) is 34.2. The zero-order valence-corrected chi connectivity index (χ0v) is 12.4. The van der Waals surface area contributed by atoms with E-state index in [4.69, 9.17) is 5.11 Å². The molecular weight excluding hydrogens is 260 g/mol. The molecule has 1 saturated carbocycles. The van der Waals surface area contributed by atoms with Crippen molar-refractivity contribution in [3.63, 3.8) is 0 Å². The molecule has 0 spiro atoms. The summed E-state index contributed by atoms with van der Waals surface area (Å²) in [6.07, 6.45) is 2.57. The molecule has 0 aromatic rings. The predicted molar refractivity (Wildman–Crippen MR) is 74.1 cm³/mol. The van der Waals surface area contributed by atoms with Crippen LogP contribution in [-0.2, 0) is 14.4 Å². The van der Waals surface area contributed by atoms with Gasteiger partial charge in [-0.2, -0.15) is 0 Å². The Kier molecular flexibility index (Phi) is 5.14. The number of aliphatic carboxylic acids is 1. The summed E-state index contributed by atoms with van der Waals surface area (Å²) in [6, 6.07) is 0. The zero-order valence-electron chi connectivity index (χ0n) is 12.4. The first-order valence-corrected chi connectivity index (χ1v) is 6.91. The molecule has 1 fully saturated rings. The fraction of sp³-hybridized carbons (Fsp3) is 0.786. The number of carboxylic acid groups (broad SMARTS) is 1. The third-order valence-corrected chi connectivity index (χ3v) is 3.34. The van der Waals surface area contributed by atoms with Crippen LogP contribution in [-0.4, -0.2) is 35.0 Å². The molecule has 1 aliphatic carbocycles. The van der Waals surface area contributed by atoms with E-state index in [1.165, 1.54) is 0 Å². The maximum Gasteiger partial charge on any atom is 0.305 e. The molecule has 6 heteroatoms. The van der Waals surface area contributed by atoms with Gasteiger partial charge < -0.3 is 15.7 Å². The van der Waals surface area contributed by atoms with Gasteiger partial charge in [0.15, 0.2) is 0 Å². The molecule has 3 N–H and O–H groups in total. The number of nitrogens with one attached hydrogen (secondary N) is 2. The fourth-order valence-electron chi connectivity index (χ4n) is 2.30. The predicted octanol–water partition coefficient (Wildman–Crippen LogP) is 1.05. The van der Waals surface area contributed by atoms with Gasteiger partial charge in [-0.3, -0.25) is 14.4 Å². The van der Waals surface area contributed by atoms with E-state index in [-0.39, 0.29) is 30.2 Å². The highest BCUT2D eigenvalue weighted by Crippen LogP contribution is 2.34. The first-order valence-electron chi connectivity index (χ1n) is 6.91. The van der Waals surface area contributed by atoms with E-state index >= 15 is 0 Å². The maximum absolute atomic E-state index is 11.8. The van der Waals surface area contributed by atoms with Gasteiger partial charge in [-0.05, 0) is 24.7 Å². The maximum atomic E-state index is 11.8. The summed E-state index contributed by atoms with van der Waals surface area (Å²) in [6.45, 7) is 5.74. The van der Waals surface area contributed by atoms with Gasteiger partial charge in [-0.15, -0.1) is 0 Å². The lowest BCUT2D eigenvalue weighted by molar-refractivity contribution is -0.140. The van der Waals surface area contributed by atoms with Crippen LogP contribution >= 0.6 is 0 Å². The number of hydrogen-bond acceptors (Lipinski definition) is 3. The monoisotopic (exact) mass is 284 g/mol. The number of hydrogen-bond donors (Lipinski definition) is 3. The molecule has 0 saturated heterocycles. The molecule has 0 aliphatic heterocycles. The Labute approximate surface area is 119 Å². The van der Waals surface area contributed by atoms with E-state index in [2.05, 4.69) is 10.6 Å². The minimum atomic E-state index is -0.915. The largest absolute Gasteiger partial charge is 0.481 e. The Balaban J connectivity index is 2.36. The summed E-state index contributed by atoms with van der Waals surface area (Å²) in [5.74, 6) is -1.41. The number of carboxylic acids is 1. The van der Waals surface area contributed by atoms with Crippen molar-refractivity contribution in [2.45, 2.75) is 58.4 Å². The molecule has 0 heterocycles. The first kappa shape index (κ1) is 16.5. The number of rotatable bonds is 6. The number of carbonyl (C=O) groups is 3. The average Bonchev–Trinajstić information content (AvgIpc) is 2.20. The van der Waals surface area contributed by atoms with Crippen LogP contribution in [0.15, 0.2) is 0 Å². The quantitative estimate of drug-likeness (QED) is 0.679. The Morgan fingerprint density at radius 2 is 1.75 bits per heavy atom. The zero-order chi connectivity index (χ0) is 15.4. The van der Waals surface area contributed by atoms with E-state index in [1.54, 1.807) is 0 Å². The average molecular weight is 284 g/mol. The number of amides is 2. The van der Waals surface area contributed by atoms with Crippen molar-refractivity contribution in [3.05, 3.63) is 0 Å². The summed E-state index contributed by atoms with van der Waals surface area (Å²) in [5, 5.41) is 14.2. The smallest absolute Gasteiger partial charge is 0.305 e. The lowest BCUT2D eigenvalue weighted by atomic mass is 9.74. The van der Waals surface area contributed by atoms with Crippen molar-refractivity contribution < 1.29 is 19.5 Å². The van der Waals surface area contributed by atoms with E-state index in [0.29, 0.717) is 19.3 Å². The molecule has 0 aromatic heterocycles. The van der Waals surface area contributed by atoms with Crippen LogP contribution in [0.5, 0.6) is 0 Å². The van der Waals surface area contributed by atoms with Crippen LogP contribution in [0.3, 0.4) is 0 Å². The Morgan fingerprint density at radius 1 is 1.15 bits per heavy atom. The van der Waals surface area contributed by atoms with E-state index in [1.807, 2.05) is 20.8 Å². The third-order valence-electron chi connectivity index (χ3n) is 3.34. The second-order valence-corrected chi connectivity index (χ2v) is 6.77. The molecule has 2 amide bonds. The van der Waals surface area contributed by atoms with Crippen molar-refractivity contribution in [3.8, 4) is 0 Å². The minimum Gasteiger partial charge on any atom is -0.481 e. The van der Waals surface area contributed by atoms with Crippen LogP contribution in [0.1, 0.15) is 52.9 Å². The number of carbonyl (C=O) groups excluding carboxylic acids is 2. The van der Waals surface area contributed by atoms with Crippen molar-refractivity contribution in [2.24, 2.45) is 5.41 Å². The Hall–Kier alpha value is -1.59. The third kappa shape index (κ3) is 5.59. The van der Waals surface area contributed by atoms with Crippen molar-refractivity contribution >= 4 is 17.8 Å². The first-order chi connectivity index (χ1) is 9.12. The van der Waals surface area contributed by atoms with Gasteiger partial charge in [0.25, 0.3) is 0 Å². The van der Waals surface area contributed by atoms with Gasteiger partial charge in [0.2, 0.25) is 11.8 Å². The van der Waals surface area contributed by atoms with Crippen LogP contribution in [0.2, 0.25) is 0 Å². The summed E-state index contributed by atoms with van der Waals surface area (Å²) in [5.41, 5.74) is -0.739. The molecule has 0 bridgehead atoms. The lowest BCUT2D eigenvalue weighted by Gasteiger charge is -2.41. The van der Waals surface area contributed by atoms with E-state index in [9.17, 15) is 14.4 Å². The highest BCUT2D eigenvalue weighted by Gasteiger charge is 2.40. The van der Waals surface area contributed by atoms with Crippen LogP contribution < -0.4 is 10.6 Å². The SMILES string of the molecule is CC(C)(C)CC(=O)NCC(=O)NC1(CC(=O)O)CCC1. The molecule has 6 nitrogen and oxygen atoms in total. The van der Waals surface area contributed by atoms with Gasteiger partial charge in [-0.25, -0.2) is 0 Å². The molecule has 20 heavy (non-hydrogen) atoms. The van der Waals surface area contributed by atoms with Crippen LogP contribution in [0, 0.1) is 5.41 Å². The topological polar surface area (TPSA) is 95.5 Å². The highest BCUT2D eigenvalue weighted by molar-refractivity contribution is 5.85. The van der Waals surface area contributed by atoms with Crippen LogP contribution in [0.4, 0.5) is 0 Å². The van der Waals surface area contributed by atoms with Crippen molar-refractivity contribution in [1.82, 2.24) is 10.6 Å². The summed E-state index contributed by atoms with van der Waals surface area (Å²) in [7, 11) is 0. The van der Waals surface area contributed by atoms with E-state index < -0.39 is 11.5 Å². The summed E-state index contributed by atoms with van der Waals surface area (Å²) < 4.78 is 0. The van der Waals surface area contributed by atoms with Gasteiger partial charge >= 0.3 is 5.97 Å². The normalized spacial score (nSPS) is 16.9. The molecule has 0 radical (unpaired) electrons. The molecular formula is C14H24N2O4. The molecule has 0 atom stereocenters. The standard InChI is InChI=1S/C14H24N2O4/c1-13(2,3)7-10(17)15-9-11(18)16-14(5-4-6-14)8-12(19)20/h4-9H2,1-3H3,(H,15,17)(H,16,18)(H,19,20). The van der Waals surface area contributed by atoms with Crippen molar-refractivity contribution in [2.75, 3.05) is 6.54 Å².